The lowest BCUT2D eigenvalue weighted by atomic mass is 9.76. The number of hydrogen-bond donors (Lipinski definition) is 0. The number of ether oxygens (including phenoxy) is 1. The molecule has 1 heterocycles. The maximum atomic E-state index is 5.35. The van der Waals surface area contributed by atoms with E-state index in [4.69, 9.17) is 14.7 Å². The molecular weight excluding hydrogens is 370 g/mol. The second kappa shape index (κ2) is 7.22. The molecule has 0 spiro atoms. The molecule has 0 fully saturated rings. The first-order valence-electron chi connectivity index (χ1n) is 10.5. The first kappa shape index (κ1) is 18.8. The Morgan fingerprint density at radius 2 is 1.43 bits per heavy atom. The fraction of sp³-hybridized carbons (Fsp3) is 0.231. The van der Waals surface area contributed by atoms with Gasteiger partial charge in [0.2, 0.25) is 0 Å². The van der Waals surface area contributed by atoms with Crippen LogP contribution in [0.2, 0.25) is 0 Å². The molecule has 0 bridgehead atoms. The van der Waals surface area contributed by atoms with Gasteiger partial charge in [-0.3, -0.25) is 4.90 Å². The molecule has 0 radical (unpaired) electrons. The summed E-state index contributed by atoms with van der Waals surface area (Å²) in [6.07, 6.45) is 0. The van der Waals surface area contributed by atoms with Crippen LogP contribution in [0, 0.1) is 0 Å². The molecule has 30 heavy (non-hydrogen) atoms. The maximum absolute atomic E-state index is 5.35. The molecule has 150 valence electrons. The molecule has 4 nitrogen and oxygen atoms in total. The second-order valence-corrected chi connectivity index (χ2v) is 7.56. The van der Waals surface area contributed by atoms with E-state index in [9.17, 15) is 0 Å². The van der Waals surface area contributed by atoms with Gasteiger partial charge in [0.05, 0.1) is 12.8 Å². The first-order chi connectivity index (χ1) is 14.7. The van der Waals surface area contributed by atoms with Crippen molar-refractivity contribution < 1.29 is 4.74 Å². The quantitative estimate of drug-likeness (QED) is 0.601. The number of benzene rings is 3. The summed E-state index contributed by atoms with van der Waals surface area (Å²) in [6.45, 7) is 6.15. The van der Waals surface area contributed by atoms with Gasteiger partial charge >= 0.3 is 0 Å². The molecule has 1 aliphatic carbocycles. The van der Waals surface area contributed by atoms with E-state index in [1.807, 2.05) is 24.3 Å². The highest BCUT2D eigenvalue weighted by atomic mass is 16.5. The minimum Gasteiger partial charge on any atom is -0.497 e. The molecular formula is C26H25N3O. The molecule has 0 saturated heterocycles. The van der Waals surface area contributed by atoms with Gasteiger partial charge in [0.25, 0.3) is 0 Å². The topological polar surface area (TPSA) is 37.2 Å². The van der Waals surface area contributed by atoms with Crippen molar-refractivity contribution in [1.82, 2.24) is 4.90 Å². The highest BCUT2D eigenvalue weighted by Crippen LogP contribution is 2.48. The van der Waals surface area contributed by atoms with Crippen molar-refractivity contribution in [2.24, 2.45) is 9.98 Å². The van der Waals surface area contributed by atoms with Gasteiger partial charge in [-0.2, -0.15) is 0 Å². The number of aliphatic imine (C=N–C) groups is 2. The molecule has 3 aromatic rings. The SMILES string of the molecule is CCN(CC)C12N=C(c3ccc(OC)cc3)N=C1c1ccccc1-c1ccccc12. The van der Waals surface area contributed by atoms with Crippen molar-refractivity contribution in [3.05, 3.63) is 89.5 Å². The fourth-order valence-electron chi connectivity index (χ4n) is 4.74. The Balaban J connectivity index is 1.80. The number of hydrogen-bond acceptors (Lipinski definition) is 4. The third-order valence-corrected chi connectivity index (χ3v) is 6.16. The van der Waals surface area contributed by atoms with Gasteiger partial charge in [0.15, 0.2) is 11.5 Å². The van der Waals surface area contributed by atoms with Crippen molar-refractivity contribution >= 4 is 11.5 Å². The number of rotatable bonds is 5. The van der Waals surface area contributed by atoms with Crippen molar-refractivity contribution in [2.75, 3.05) is 20.2 Å². The molecule has 3 aromatic carbocycles. The van der Waals surface area contributed by atoms with E-state index in [0.29, 0.717) is 0 Å². The van der Waals surface area contributed by atoms with Gasteiger partial charge in [-0.1, -0.05) is 62.4 Å². The molecule has 1 aliphatic heterocycles. The van der Waals surface area contributed by atoms with Crippen LogP contribution < -0.4 is 4.74 Å². The van der Waals surface area contributed by atoms with Crippen molar-refractivity contribution in [1.29, 1.82) is 0 Å². The zero-order valence-electron chi connectivity index (χ0n) is 17.6. The lowest BCUT2D eigenvalue weighted by Gasteiger charge is -2.43. The molecule has 2 aliphatic rings. The molecule has 0 amide bonds. The van der Waals surface area contributed by atoms with E-state index < -0.39 is 5.66 Å². The summed E-state index contributed by atoms with van der Waals surface area (Å²) in [6, 6.07) is 25.2. The molecule has 0 saturated carbocycles. The first-order valence-corrected chi connectivity index (χ1v) is 10.5. The van der Waals surface area contributed by atoms with E-state index >= 15 is 0 Å². The van der Waals surface area contributed by atoms with Crippen LogP contribution in [0.4, 0.5) is 0 Å². The van der Waals surface area contributed by atoms with Crippen LogP contribution in [0.1, 0.15) is 30.5 Å². The van der Waals surface area contributed by atoms with Crippen LogP contribution >= 0.6 is 0 Å². The highest BCUT2D eigenvalue weighted by Gasteiger charge is 2.50. The standard InChI is InChI=1S/C26H25N3O/c1-4-29(5-2)26-23-13-9-8-11-21(23)20-10-6-7-12-22(20)24(26)27-25(28-26)18-14-16-19(30-3)17-15-18/h6-17H,4-5H2,1-3H3. The van der Waals surface area contributed by atoms with Gasteiger partial charge in [-0.15, -0.1) is 0 Å². The number of methoxy groups -OCH3 is 1. The van der Waals surface area contributed by atoms with Crippen molar-refractivity contribution in [2.45, 2.75) is 19.5 Å². The van der Waals surface area contributed by atoms with Crippen LogP contribution in [0.15, 0.2) is 82.8 Å². The van der Waals surface area contributed by atoms with E-state index in [2.05, 4.69) is 67.3 Å². The lowest BCUT2D eigenvalue weighted by Crippen LogP contribution is -2.51. The number of fused-ring (bicyclic) bond motifs is 6. The van der Waals surface area contributed by atoms with Crippen molar-refractivity contribution in [3.63, 3.8) is 0 Å². The minimum atomic E-state index is -0.607. The second-order valence-electron chi connectivity index (χ2n) is 7.56. The average molecular weight is 396 g/mol. The summed E-state index contributed by atoms with van der Waals surface area (Å²) < 4.78 is 5.33. The van der Waals surface area contributed by atoms with Crippen LogP contribution in [-0.2, 0) is 5.66 Å². The smallest absolute Gasteiger partial charge is 0.185 e. The summed E-state index contributed by atoms with van der Waals surface area (Å²) in [7, 11) is 1.68. The van der Waals surface area contributed by atoms with E-state index in [-0.39, 0.29) is 0 Å². The molecule has 4 heteroatoms. The normalized spacial score (nSPS) is 18.9. The Kier molecular flexibility index (Phi) is 4.52. The highest BCUT2D eigenvalue weighted by molar-refractivity contribution is 6.24. The molecule has 1 unspecified atom stereocenters. The Labute approximate surface area is 177 Å². The number of likely N-dealkylation sites (N-methyl/N-ethyl adjacent to an activating group) is 1. The van der Waals surface area contributed by atoms with E-state index in [1.165, 1.54) is 16.7 Å². The van der Waals surface area contributed by atoms with E-state index in [1.54, 1.807) is 7.11 Å². The average Bonchev–Trinajstić information content (AvgIpc) is 3.22. The van der Waals surface area contributed by atoms with Crippen LogP contribution in [0.25, 0.3) is 11.1 Å². The Morgan fingerprint density at radius 1 is 0.800 bits per heavy atom. The van der Waals surface area contributed by atoms with Gasteiger partial charge in [-0.05, 0) is 48.5 Å². The van der Waals surface area contributed by atoms with Gasteiger partial charge in [0, 0.05) is 16.7 Å². The zero-order chi connectivity index (χ0) is 20.7. The summed E-state index contributed by atoms with van der Waals surface area (Å²) in [5, 5.41) is 0. The van der Waals surface area contributed by atoms with Gasteiger partial charge in [-0.25, -0.2) is 9.98 Å². The predicted octanol–water partition coefficient (Wildman–Crippen LogP) is 5.12. The molecule has 0 N–H and O–H groups in total. The Hall–Kier alpha value is -3.24. The largest absolute Gasteiger partial charge is 0.497 e. The number of amidine groups is 1. The van der Waals surface area contributed by atoms with Crippen LogP contribution in [0.5, 0.6) is 5.75 Å². The monoisotopic (exact) mass is 395 g/mol. The van der Waals surface area contributed by atoms with Crippen LogP contribution in [-0.4, -0.2) is 36.6 Å². The van der Waals surface area contributed by atoms with E-state index in [0.717, 1.165) is 41.5 Å². The molecule has 5 rings (SSSR count). The Morgan fingerprint density at radius 3 is 2.10 bits per heavy atom. The molecule has 1 atom stereocenters. The van der Waals surface area contributed by atoms with Gasteiger partial charge < -0.3 is 4.74 Å². The summed E-state index contributed by atoms with van der Waals surface area (Å²) in [4.78, 5) is 12.9. The minimum absolute atomic E-state index is 0.607. The fourth-order valence-corrected chi connectivity index (χ4v) is 4.74. The predicted molar refractivity (Wildman–Crippen MR) is 123 cm³/mol. The summed E-state index contributed by atoms with van der Waals surface area (Å²) in [5.41, 5.74) is 6.24. The third-order valence-electron chi connectivity index (χ3n) is 6.16. The van der Waals surface area contributed by atoms with Crippen molar-refractivity contribution in [3.8, 4) is 16.9 Å². The summed E-state index contributed by atoms with van der Waals surface area (Å²) >= 11 is 0. The van der Waals surface area contributed by atoms with Gasteiger partial charge in [0.1, 0.15) is 5.75 Å². The third kappa shape index (κ3) is 2.57. The van der Waals surface area contributed by atoms with Crippen LogP contribution in [0.3, 0.4) is 0 Å². The zero-order valence-corrected chi connectivity index (χ0v) is 17.6. The Bertz CT molecular complexity index is 1160. The molecule has 0 aromatic heterocycles. The summed E-state index contributed by atoms with van der Waals surface area (Å²) in [5.74, 6) is 1.60. The number of nitrogens with zero attached hydrogens (tertiary/aromatic N) is 3. The lowest BCUT2D eigenvalue weighted by molar-refractivity contribution is 0.175. The maximum Gasteiger partial charge on any atom is 0.185 e.